The van der Waals surface area contributed by atoms with Gasteiger partial charge in [-0.15, -0.1) is 0 Å². The topological polar surface area (TPSA) is 68.8 Å². The summed E-state index contributed by atoms with van der Waals surface area (Å²) in [6.07, 6.45) is 5.42. The number of nitrogens with two attached hydrogens (primary N) is 1. The maximum atomic E-state index is 5.75. The predicted molar refractivity (Wildman–Crippen MR) is 74.1 cm³/mol. The first kappa shape index (κ1) is 11.8. The van der Waals surface area contributed by atoms with Crippen LogP contribution in [0.5, 0.6) is 0 Å². The van der Waals surface area contributed by atoms with E-state index in [4.69, 9.17) is 5.84 Å². The quantitative estimate of drug-likeness (QED) is 0.548. The molecule has 3 N–H and O–H groups in total. The Kier molecular flexibility index (Phi) is 2.98. The summed E-state index contributed by atoms with van der Waals surface area (Å²) in [4.78, 5) is 4.15. The first-order chi connectivity index (χ1) is 9.31. The van der Waals surface area contributed by atoms with Crippen LogP contribution >= 0.6 is 0 Å². The van der Waals surface area contributed by atoms with Gasteiger partial charge in [-0.2, -0.15) is 5.10 Å². The third-order valence-corrected chi connectivity index (χ3v) is 3.35. The Labute approximate surface area is 111 Å². The van der Waals surface area contributed by atoms with Crippen molar-refractivity contribution in [1.82, 2.24) is 20.2 Å². The second-order valence-corrected chi connectivity index (χ2v) is 4.42. The molecule has 5 heteroatoms. The van der Waals surface area contributed by atoms with Crippen molar-refractivity contribution in [1.29, 1.82) is 0 Å². The van der Waals surface area contributed by atoms with Crippen LogP contribution in [0, 0.1) is 0 Å². The molecule has 2 aromatic heterocycles. The lowest BCUT2D eigenvalue weighted by molar-refractivity contribution is 0.578. The van der Waals surface area contributed by atoms with Gasteiger partial charge in [0, 0.05) is 31.0 Å². The van der Waals surface area contributed by atoms with Gasteiger partial charge in [-0.25, -0.2) is 5.43 Å². The van der Waals surface area contributed by atoms with E-state index in [0.29, 0.717) is 0 Å². The van der Waals surface area contributed by atoms with Gasteiger partial charge in [0.1, 0.15) is 0 Å². The number of nitrogens with one attached hydrogen (secondary N) is 1. The zero-order chi connectivity index (χ0) is 13.2. The van der Waals surface area contributed by atoms with Crippen LogP contribution in [-0.2, 0) is 7.05 Å². The molecule has 3 aromatic rings. The van der Waals surface area contributed by atoms with Crippen LogP contribution < -0.4 is 11.3 Å². The minimum atomic E-state index is -0.0985. The molecule has 3 rings (SSSR count). The molecule has 19 heavy (non-hydrogen) atoms. The van der Waals surface area contributed by atoms with Crippen LogP contribution in [0.2, 0.25) is 0 Å². The molecule has 0 bridgehead atoms. The number of aromatic nitrogens is 3. The molecular weight excluding hydrogens is 238 g/mol. The fourth-order valence-corrected chi connectivity index (χ4v) is 2.40. The molecule has 1 aromatic carbocycles. The summed E-state index contributed by atoms with van der Waals surface area (Å²) in [6, 6.07) is 10.00. The zero-order valence-corrected chi connectivity index (χ0v) is 10.6. The summed E-state index contributed by atoms with van der Waals surface area (Å²) >= 11 is 0. The molecule has 0 aliphatic carbocycles. The van der Waals surface area contributed by atoms with E-state index in [1.165, 1.54) is 0 Å². The summed E-state index contributed by atoms with van der Waals surface area (Å²) in [5.41, 5.74) is 5.01. The maximum Gasteiger partial charge on any atom is 0.0884 e. The second kappa shape index (κ2) is 4.79. The number of hydrazine groups is 1. The van der Waals surface area contributed by atoms with Gasteiger partial charge in [0.05, 0.1) is 11.7 Å². The highest BCUT2D eigenvalue weighted by Gasteiger charge is 2.17. The summed E-state index contributed by atoms with van der Waals surface area (Å²) in [7, 11) is 1.91. The van der Waals surface area contributed by atoms with Gasteiger partial charge < -0.3 is 0 Å². The van der Waals surface area contributed by atoms with Crippen molar-refractivity contribution >= 4 is 10.8 Å². The van der Waals surface area contributed by atoms with Crippen molar-refractivity contribution < 1.29 is 0 Å². The molecule has 96 valence electrons. The van der Waals surface area contributed by atoms with E-state index in [1.807, 2.05) is 42.2 Å². The molecule has 0 amide bonds. The van der Waals surface area contributed by atoms with E-state index in [-0.39, 0.29) is 6.04 Å². The van der Waals surface area contributed by atoms with Crippen molar-refractivity contribution in [2.75, 3.05) is 0 Å². The van der Waals surface area contributed by atoms with E-state index in [9.17, 15) is 0 Å². The molecular formula is C14H15N5. The number of rotatable bonds is 3. The SMILES string of the molecule is Cn1nccc1C(NN)c1cccc2cnccc12. The van der Waals surface area contributed by atoms with Gasteiger partial charge in [-0.1, -0.05) is 18.2 Å². The molecule has 0 saturated heterocycles. The van der Waals surface area contributed by atoms with Crippen molar-refractivity contribution in [3.05, 3.63) is 60.2 Å². The Morgan fingerprint density at radius 3 is 2.84 bits per heavy atom. The summed E-state index contributed by atoms with van der Waals surface area (Å²) < 4.78 is 1.82. The van der Waals surface area contributed by atoms with Gasteiger partial charge >= 0.3 is 0 Å². The van der Waals surface area contributed by atoms with E-state index in [1.54, 1.807) is 12.4 Å². The molecule has 5 nitrogen and oxygen atoms in total. The van der Waals surface area contributed by atoms with Crippen molar-refractivity contribution in [2.24, 2.45) is 12.9 Å². The largest absolute Gasteiger partial charge is 0.271 e. The Hall–Kier alpha value is -2.24. The molecule has 0 aliphatic heterocycles. The van der Waals surface area contributed by atoms with Crippen LogP contribution in [0.1, 0.15) is 17.3 Å². The monoisotopic (exact) mass is 253 g/mol. The first-order valence-corrected chi connectivity index (χ1v) is 6.08. The molecule has 1 unspecified atom stereocenters. The van der Waals surface area contributed by atoms with Crippen LogP contribution in [0.25, 0.3) is 10.8 Å². The summed E-state index contributed by atoms with van der Waals surface area (Å²) in [5, 5.41) is 6.44. The van der Waals surface area contributed by atoms with E-state index in [2.05, 4.69) is 21.6 Å². The average Bonchev–Trinajstić information content (AvgIpc) is 2.86. The van der Waals surface area contributed by atoms with Crippen molar-refractivity contribution in [3.63, 3.8) is 0 Å². The Balaban J connectivity index is 2.20. The number of pyridine rings is 1. The minimum Gasteiger partial charge on any atom is -0.271 e. The number of aryl methyl sites for hydroxylation is 1. The molecule has 0 radical (unpaired) electrons. The highest BCUT2D eigenvalue weighted by Crippen LogP contribution is 2.27. The van der Waals surface area contributed by atoms with E-state index >= 15 is 0 Å². The van der Waals surface area contributed by atoms with Crippen LogP contribution in [0.3, 0.4) is 0 Å². The second-order valence-electron chi connectivity index (χ2n) is 4.42. The van der Waals surface area contributed by atoms with E-state index in [0.717, 1.165) is 22.0 Å². The van der Waals surface area contributed by atoms with Crippen LogP contribution in [0.4, 0.5) is 0 Å². The van der Waals surface area contributed by atoms with Crippen LogP contribution in [0.15, 0.2) is 48.9 Å². The molecule has 0 fully saturated rings. The third kappa shape index (κ3) is 1.99. The number of hydrogen-bond donors (Lipinski definition) is 2. The first-order valence-electron chi connectivity index (χ1n) is 6.08. The summed E-state index contributed by atoms with van der Waals surface area (Å²) in [5.74, 6) is 5.75. The molecule has 0 spiro atoms. The smallest absolute Gasteiger partial charge is 0.0884 e. The lowest BCUT2D eigenvalue weighted by atomic mass is 9.98. The Morgan fingerprint density at radius 1 is 1.21 bits per heavy atom. The maximum absolute atomic E-state index is 5.75. The number of fused-ring (bicyclic) bond motifs is 1. The Morgan fingerprint density at radius 2 is 2.11 bits per heavy atom. The van der Waals surface area contributed by atoms with Gasteiger partial charge in [-0.3, -0.25) is 15.5 Å². The average molecular weight is 253 g/mol. The van der Waals surface area contributed by atoms with Crippen LogP contribution in [-0.4, -0.2) is 14.8 Å². The van der Waals surface area contributed by atoms with Gasteiger partial charge in [0.15, 0.2) is 0 Å². The minimum absolute atomic E-state index is 0.0985. The number of benzene rings is 1. The normalized spacial score (nSPS) is 12.7. The van der Waals surface area contributed by atoms with Gasteiger partial charge in [-0.05, 0) is 23.1 Å². The fourth-order valence-electron chi connectivity index (χ4n) is 2.40. The van der Waals surface area contributed by atoms with Gasteiger partial charge in [0.25, 0.3) is 0 Å². The van der Waals surface area contributed by atoms with E-state index < -0.39 is 0 Å². The Bertz CT molecular complexity index is 698. The van der Waals surface area contributed by atoms with Crippen molar-refractivity contribution in [3.8, 4) is 0 Å². The molecule has 0 aliphatic rings. The van der Waals surface area contributed by atoms with Crippen molar-refractivity contribution in [2.45, 2.75) is 6.04 Å². The zero-order valence-electron chi connectivity index (χ0n) is 10.6. The number of nitrogens with zero attached hydrogens (tertiary/aromatic N) is 3. The standard InChI is InChI=1S/C14H15N5/c1-19-13(6-8-17-19)14(18-15)12-4-2-3-10-9-16-7-5-11(10)12/h2-9,14,18H,15H2,1H3. The summed E-state index contributed by atoms with van der Waals surface area (Å²) in [6.45, 7) is 0. The third-order valence-electron chi connectivity index (χ3n) is 3.35. The predicted octanol–water partition coefficient (Wildman–Crippen LogP) is 1.52. The molecule has 0 saturated carbocycles. The highest BCUT2D eigenvalue weighted by atomic mass is 15.3. The molecule has 2 heterocycles. The molecule has 1 atom stereocenters. The fraction of sp³-hybridized carbons (Fsp3) is 0.143. The number of hydrogen-bond acceptors (Lipinski definition) is 4. The highest BCUT2D eigenvalue weighted by molar-refractivity contribution is 5.85. The lowest BCUT2D eigenvalue weighted by Gasteiger charge is -2.18. The lowest BCUT2D eigenvalue weighted by Crippen LogP contribution is -2.30. The van der Waals surface area contributed by atoms with Gasteiger partial charge in [0.2, 0.25) is 0 Å².